The van der Waals surface area contributed by atoms with Crippen LogP contribution in [0, 0.1) is 5.92 Å². The van der Waals surface area contributed by atoms with Gasteiger partial charge in [0.1, 0.15) is 0 Å². The molecule has 0 unspecified atom stereocenters. The number of aliphatic carboxylic acids is 1. The Labute approximate surface area is 73.6 Å². The Morgan fingerprint density at radius 2 is 2.08 bits per heavy atom. The van der Waals surface area contributed by atoms with Crippen molar-refractivity contribution in [2.24, 2.45) is 5.92 Å². The van der Waals surface area contributed by atoms with Gasteiger partial charge in [-0.15, -0.1) is 0 Å². The molecule has 0 aliphatic rings. The van der Waals surface area contributed by atoms with Crippen LogP contribution in [0.2, 0.25) is 0 Å². The van der Waals surface area contributed by atoms with E-state index in [1.807, 2.05) is 6.92 Å². The molecule has 0 aromatic heterocycles. The van der Waals surface area contributed by atoms with Crippen molar-refractivity contribution in [3.63, 3.8) is 0 Å². The van der Waals surface area contributed by atoms with Crippen molar-refractivity contribution in [2.75, 3.05) is 0 Å². The molecule has 1 N–H and O–H groups in total. The lowest BCUT2D eigenvalue weighted by Gasteiger charge is -2.00. The van der Waals surface area contributed by atoms with Crippen LogP contribution in [0.25, 0.3) is 0 Å². The quantitative estimate of drug-likeness (QED) is 0.517. The van der Waals surface area contributed by atoms with E-state index in [4.69, 9.17) is 5.11 Å². The summed E-state index contributed by atoms with van der Waals surface area (Å²) in [5, 5.41) is 8.34. The van der Waals surface area contributed by atoms with Crippen molar-refractivity contribution in [1.82, 2.24) is 0 Å². The number of carboxylic acid groups (broad SMARTS) is 1. The Kier molecular flexibility index (Phi) is 5.09. The lowest BCUT2D eigenvalue weighted by molar-refractivity contribution is -0.131. The topological polar surface area (TPSA) is 37.3 Å². The fourth-order valence-electron chi connectivity index (χ4n) is 0.825. The maximum Gasteiger partial charge on any atom is 0.328 e. The number of allylic oxidation sites excluding steroid dienone is 3. The zero-order valence-corrected chi connectivity index (χ0v) is 7.87. The van der Waals surface area contributed by atoms with Crippen molar-refractivity contribution < 1.29 is 9.90 Å². The van der Waals surface area contributed by atoms with E-state index in [1.54, 1.807) is 6.08 Å². The lowest BCUT2D eigenvalue weighted by atomic mass is 10.1. The van der Waals surface area contributed by atoms with Crippen LogP contribution in [0.15, 0.2) is 23.8 Å². The monoisotopic (exact) mass is 168 g/mol. The summed E-state index contributed by atoms with van der Waals surface area (Å²) in [5.41, 5.74) is 1.01. The maximum atomic E-state index is 10.1. The van der Waals surface area contributed by atoms with Gasteiger partial charge < -0.3 is 5.11 Å². The van der Waals surface area contributed by atoms with E-state index in [-0.39, 0.29) is 0 Å². The lowest BCUT2D eigenvalue weighted by Crippen LogP contribution is -1.89. The molecular weight excluding hydrogens is 152 g/mol. The highest BCUT2D eigenvalue weighted by atomic mass is 16.4. The summed E-state index contributed by atoms with van der Waals surface area (Å²) in [4.78, 5) is 10.1. The van der Waals surface area contributed by atoms with E-state index in [0.717, 1.165) is 18.1 Å². The number of carbonyl (C=O) groups is 1. The summed E-state index contributed by atoms with van der Waals surface area (Å²) in [6, 6.07) is 0. The average molecular weight is 168 g/mol. The van der Waals surface area contributed by atoms with Gasteiger partial charge in [0.2, 0.25) is 0 Å². The van der Waals surface area contributed by atoms with E-state index >= 15 is 0 Å². The first-order chi connectivity index (χ1) is 5.56. The SMILES string of the molecule is CC[C@H](C)/C=C(C)/C=C/C(=O)O. The van der Waals surface area contributed by atoms with Gasteiger partial charge in [-0.05, 0) is 12.8 Å². The second-order valence-corrected chi connectivity index (χ2v) is 2.97. The first-order valence-electron chi connectivity index (χ1n) is 4.15. The minimum absolute atomic E-state index is 0.517. The summed E-state index contributed by atoms with van der Waals surface area (Å²) in [6.45, 7) is 6.12. The number of carboxylic acids is 1. The third-order valence-corrected chi connectivity index (χ3v) is 1.68. The Morgan fingerprint density at radius 1 is 1.50 bits per heavy atom. The number of hydrogen-bond donors (Lipinski definition) is 1. The third-order valence-electron chi connectivity index (χ3n) is 1.68. The molecular formula is C10H16O2. The predicted molar refractivity (Wildman–Crippen MR) is 50.0 cm³/mol. The summed E-state index contributed by atoms with van der Waals surface area (Å²) < 4.78 is 0. The molecule has 68 valence electrons. The second kappa shape index (κ2) is 5.58. The molecule has 0 amide bonds. The molecule has 1 atom stereocenters. The highest BCUT2D eigenvalue weighted by molar-refractivity contribution is 5.80. The zero-order chi connectivity index (χ0) is 9.56. The minimum Gasteiger partial charge on any atom is -0.478 e. The van der Waals surface area contributed by atoms with Gasteiger partial charge in [0, 0.05) is 6.08 Å². The fraction of sp³-hybridized carbons (Fsp3) is 0.500. The first-order valence-corrected chi connectivity index (χ1v) is 4.15. The van der Waals surface area contributed by atoms with Crippen LogP contribution in [0.4, 0.5) is 0 Å². The van der Waals surface area contributed by atoms with Crippen LogP contribution in [0.5, 0.6) is 0 Å². The summed E-state index contributed by atoms with van der Waals surface area (Å²) >= 11 is 0. The van der Waals surface area contributed by atoms with E-state index in [2.05, 4.69) is 19.9 Å². The first kappa shape index (κ1) is 11.0. The normalized spacial score (nSPS) is 15.1. The zero-order valence-electron chi connectivity index (χ0n) is 7.87. The van der Waals surface area contributed by atoms with Crippen LogP contribution in [-0.2, 0) is 4.79 Å². The van der Waals surface area contributed by atoms with Crippen LogP contribution < -0.4 is 0 Å². The average Bonchev–Trinajstić information content (AvgIpc) is 2.00. The van der Waals surface area contributed by atoms with Gasteiger partial charge in [-0.1, -0.05) is 38.0 Å². The summed E-state index contributed by atoms with van der Waals surface area (Å²) in [6.07, 6.45) is 5.93. The van der Waals surface area contributed by atoms with Crippen LogP contribution in [0.1, 0.15) is 27.2 Å². The molecule has 0 aliphatic carbocycles. The minimum atomic E-state index is -0.896. The van der Waals surface area contributed by atoms with Crippen LogP contribution in [-0.4, -0.2) is 11.1 Å². The number of hydrogen-bond acceptors (Lipinski definition) is 1. The largest absolute Gasteiger partial charge is 0.478 e. The van der Waals surface area contributed by atoms with Gasteiger partial charge in [-0.3, -0.25) is 0 Å². The Balaban J connectivity index is 4.10. The van der Waals surface area contributed by atoms with E-state index in [0.29, 0.717) is 5.92 Å². The Hall–Kier alpha value is -1.05. The number of rotatable bonds is 4. The molecule has 0 saturated carbocycles. The molecule has 2 heteroatoms. The van der Waals surface area contributed by atoms with Crippen molar-refractivity contribution in [3.05, 3.63) is 23.8 Å². The molecule has 2 nitrogen and oxygen atoms in total. The molecule has 0 saturated heterocycles. The molecule has 0 radical (unpaired) electrons. The van der Waals surface area contributed by atoms with Crippen LogP contribution >= 0.6 is 0 Å². The molecule has 0 spiro atoms. The Morgan fingerprint density at radius 3 is 2.50 bits per heavy atom. The van der Waals surface area contributed by atoms with E-state index < -0.39 is 5.97 Å². The van der Waals surface area contributed by atoms with Crippen molar-refractivity contribution >= 4 is 5.97 Å². The van der Waals surface area contributed by atoms with Gasteiger partial charge in [-0.25, -0.2) is 4.79 Å². The van der Waals surface area contributed by atoms with Gasteiger partial charge in [0.05, 0.1) is 0 Å². The predicted octanol–water partition coefficient (Wildman–Crippen LogP) is 2.62. The Bertz CT molecular complexity index is 202. The molecule has 0 fully saturated rings. The molecule has 0 heterocycles. The van der Waals surface area contributed by atoms with Gasteiger partial charge in [0.15, 0.2) is 0 Å². The second-order valence-electron chi connectivity index (χ2n) is 2.97. The van der Waals surface area contributed by atoms with Crippen LogP contribution in [0.3, 0.4) is 0 Å². The van der Waals surface area contributed by atoms with Crippen molar-refractivity contribution in [3.8, 4) is 0 Å². The summed E-state index contributed by atoms with van der Waals surface area (Å²) in [7, 11) is 0. The van der Waals surface area contributed by atoms with E-state index in [1.165, 1.54) is 0 Å². The highest BCUT2D eigenvalue weighted by Crippen LogP contribution is 2.07. The molecule has 0 rings (SSSR count). The summed E-state index contributed by atoms with van der Waals surface area (Å²) in [5.74, 6) is -0.379. The van der Waals surface area contributed by atoms with E-state index in [9.17, 15) is 4.79 Å². The fourth-order valence-corrected chi connectivity index (χ4v) is 0.825. The third kappa shape index (κ3) is 5.71. The highest BCUT2D eigenvalue weighted by Gasteiger charge is 1.93. The van der Waals surface area contributed by atoms with Gasteiger partial charge in [0.25, 0.3) is 0 Å². The molecule has 0 bridgehead atoms. The van der Waals surface area contributed by atoms with Crippen molar-refractivity contribution in [2.45, 2.75) is 27.2 Å². The smallest absolute Gasteiger partial charge is 0.328 e. The standard InChI is InChI=1S/C10H16O2/c1-4-8(2)7-9(3)5-6-10(11)12/h5-8H,4H2,1-3H3,(H,11,12)/b6-5+,9-7+/t8-/m0/s1. The molecule has 0 aliphatic heterocycles. The molecule has 12 heavy (non-hydrogen) atoms. The molecule has 0 aromatic carbocycles. The maximum absolute atomic E-state index is 10.1. The van der Waals surface area contributed by atoms with Crippen molar-refractivity contribution in [1.29, 1.82) is 0 Å². The van der Waals surface area contributed by atoms with Gasteiger partial charge >= 0.3 is 5.97 Å². The van der Waals surface area contributed by atoms with Gasteiger partial charge in [-0.2, -0.15) is 0 Å². The molecule has 0 aromatic rings.